The molecule has 1 aromatic carbocycles. The molecule has 3 aromatic heterocycles. The molecule has 0 fully saturated rings. The Hall–Kier alpha value is -3.69. The third-order valence-electron chi connectivity index (χ3n) is 6.87. The Balaban J connectivity index is 1.27. The van der Waals surface area contributed by atoms with Crippen molar-refractivity contribution in [2.45, 2.75) is 58.7 Å². The fourth-order valence-electron chi connectivity index (χ4n) is 5.01. The van der Waals surface area contributed by atoms with Crippen LogP contribution in [0.5, 0.6) is 5.75 Å². The van der Waals surface area contributed by atoms with Crippen molar-refractivity contribution in [2.75, 3.05) is 6.54 Å². The smallest absolute Gasteiger partial charge is 0.406 e. The number of aryl methyl sites for hydroxylation is 3. The molecule has 1 atom stereocenters. The van der Waals surface area contributed by atoms with Gasteiger partial charge in [-0.15, -0.1) is 11.3 Å². The van der Waals surface area contributed by atoms with Gasteiger partial charge in [0.05, 0.1) is 28.1 Å². The normalized spacial score (nSPS) is 14.8. The molecule has 8 nitrogen and oxygen atoms in total. The topological polar surface area (TPSA) is 93.1 Å². The van der Waals surface area contributed by atoms with Gasteiger partial charge in [0.1, 0.15) is 6.33 Å². The van der Waals surface area contributed by atoms with Crippen LogP contribution < -0.4 is 10.1 Å². The first-order chi connectivity index (χ1) is 18.6. The summed E-state index contributed by atoms with van der Waals surface area (Å²) in [5.74, 6) is 0.399. The predicted octanol–water partition coefficient (Wildman–Crippen LogP) is 5.36. The van der Waals surface area contributed by atoms with E-state index in [0.717, 1.165) is 49.3 Å². The van der Waals surface area contributed by atoms with E-state index in [1.807, 2.05) is 36.0 Å². The molecule has 5 rings (SSSR count). The SMILES string of the molecule is Cc1ncnc(C)c1OC(=O)NCc1cccc(CN(CCc2nccs2)C2CCCc3cccnc32)c1. The van der Waals surface area contributed by atoms with Gasteiger partial charge in [0.25, 0.3) is 0 Å². The third kappa shape index (κ3) is 6.41. The van der Waals surface area contributed by atoms with Crippen molar-refractivity contribution in [1.82, 2.24) is 30.2 Å². The number of nitrogens with zero attached hydrogens (tertiary/aromatic N) is 5. The maximum atomic E-state index is 12.5. The average Bonchev–Trinajstić information content (AvgIpc) is 3.46. The van der Waals surface area contributed by atoms with Crippen LogP contribution in [0.2, 0.25) is 0 Å². The highest BCUT2D eigenvalue weighted by atomic mass is 32.1. The number of hydrogen-bond donors (Lipinski definition) is 1. The van der Waals surface area contributed by atoms with Crippen LogP contribution in [0.15, 0.2) is 60.5 Å². The van der Waals surface area contributed by atoms with E-state index in [9.17, 15) is 4.79 Å². The summed E-state index contributed by atoms with van der Waals surface area (Å²) in [5.41, 5.74) is 6.03. The molecular formula is C29H32N6O2S. The molecule has 0 saturated heterocycles. The Morgan fingerprint density at radius 2 is 1.92 bits per heavy atom. The molecule has 1 aliphatic rings. The number of pyridine rings is 1. The zero-order valence-electron chi connectivity index (χ0n) is 21.8. The Bertz CT molecular complexity index is 1360. The number of carbonyl (C=O) groups is 1. The van der Waals surface area contributed by atoms with Crippen molar-refractivity contribution in [3.63, 3.8) is 0 Å². The lowest BCUT2D eigenvalue weighted by atomic mass is 9.90. The summed E-state index contributed by atoms with van der Waals surface area (Å²) in [6, 6.07) is 12.9. The molecule has 0 aliphatic heterocycles. The first kappa shape index (κ1) is 25.9. The maximum Gasteiger partial charge on any atom is 0.412 e. The van der Waals surface area contributed by atoms with Gasteiger partial charge in [-0.05, 0) is 55.9 Å². The highest BCUT2D eigenvalue weighted by Gasteiger charge is 2.27. The Morgan fingerprint density at radius 1 is 1.08 bits per heavy atom. The summed E-state index contributed by atoms with van der Waals surface area (Å²) in [7, 11) is 0. The van der Waals surface area contributed by atoms with E-state index in [4.69, 9.17) is 9.72 Å². The molecular weight excluding hydrogens is 496 g/mol. The second-order valence-corrected chi connectivity index (χ2v) is 10.5. The lowest BCUT2D eigenvalue weighted by Gasteiger charge is -2.35. The molecule has 38 heavy (non-hydrogen) atoms. The zero-order valence-corrected chi connectivity index (χ0v) is 22.6. The van der Waals surface area contributed by atoms with E-state index in [2.05, 4.69) is 43.4 Å². The minimum absolute atomic E-state index is 0.274. The standard InChI is InChI=1S/C29H32N6O2S/c1-20-28(21(2)34-19-33-20)37-29(36)32-17-22-6-3-7-23(16-22)18-35(14-11-26-30-13-15-38-26)25-10-4-8-24-9-5-12-31-27(24)25/h3,5-7,9,12-13,15-16,19,25H,4,8,10-11,14,17-18H2,1-2H3,(H,32,36). The molecule has 1 aliphatic carbocycles. The number of fused-ring (bicyclic) bond motifs is 1. The van der Waals surface area contributed by atoms with Crippen LogP contribution in [0.1, 0.15) is 57.7 Å². The summed E-state index contributed by atoms with van der Waals surface area (Å²) in [4.78, 5) is 32.5. The summed E-state index contributed by atoms with van der Waals surface area (Å²) in [5, 5.41) is 6.04. The highest BCUT2D eigenvalue weighted by Crippen LogP contribution is 2.34. The number of thiazole rings is 1. The summed E-state index contributed by atoms with van der Waals surface area (Å²) in [6.07, 6.45) is 8.97. The lowest BCUT2D eigenvalue weighted by Crippen LogP contribution is -2.33. The van der Waals surface area contributed by atoms with Crippen molar-refractivity contribution in [3.8, 4) is 5.75 Å². The van der Waals surface area contributed by atoms with Crippen LogP contribution in [0.4, 0.5) is 4.79 Å². The van der Waals surface area contributed by atoms with E-state index in [0.29, 0.717) is 23.7 Å². The van der Waals surface area contributed by atoms with Gasteiger partial charge >= 0.3 is 6.09 Å². The van der Waals surface area contributed by atoms with Gasteiger partial charge in [-0.1, -0.05) is 30.3 Å². The van der Waals surface area contributed by atoms with Crippen molar-refractivity contribution in [1.29, 1.82) is 0 Å². The Labute approximate surface area is 227 Å². The van der Waals surface area contributed by atoms with Crippen molar-refractivity contribution in [2.24, 2.45) is 0 Å². The number of amides is 1. The Kier molecular flexibility index (Phi) is 8.35. The molecule has 1 unspecified atom stereocenters. The van der Waals surface area contributed by atoms with E-state index in [-0.39, 0.29) is 6.04 Å². The Morgan fingerprint density at radius 3 is 2.74 bits per heavy atom. The zero-order chi connectivity index (χ0) is 26.3. The number of aromatic nitrogens is 4. The fourth-order valence-corrected chi connectivity index (χ4v) is 5.62. The molecule has 0 bridgehead atoms. The number of benzene rings is 1. The third-order valence-corrected chi connectivity index (χ3v) is 7.71. The molecule has 1 amide bonds. The van der Waals surface area contributed by atoms with Crippen molar-refractivity contribution < 1.29 is 9.53 Å². The fraction of sp³-hybridized carbons (Fsp3) is 0.345. The molecule has 0 radical (unpaired) electrons. The molecule has 0 saturated carbocycles. The van der Waals surface area contributed by atoms with Crippen molar-refractivity contribution in [3.05, 3.63) is 99.3 Å². The average molecular weight is 529 g/mol. The van der Waals surface area contributed by atoms with Crippen LogP contribution in [0.25, 0.3) is 0 Å². The van der Waals surface area contributed by atoms with Crippen molar-refractivity contribution >= 4 is 17.4 Å². The molecule has 196 valence electrons. The van der Waals surface area contributed by atoms with E-state index in [1.54, 1.807) is 25.2 Å². The van der Waals surface area contributed by atoms with Gasteiger partial charge in [-0.3, -0.25) is 9.88 Å². The number of ether oxygens (including phenoxy) is 1. The van der Waals surface area contributed by atoms with Crippen LogP contribution >= 0.6 is 11.3 Å². The summed E-state index contributed by atoms with van der Waals surface area (Å²) >= 11 is 1.70. The number of rotatable bonds is 9. The van der Waals surface area contributed by atoms with E-state index < -0.39 is 6.09 Å². The monoisotopic (exact) mass is 528 g/mol. The maximum absolute atomic E-state index is 12.5. The first-order valence-corrected chi connectivity index (χ1v) is 13.8. The molecule has 4 aromatic rings. The predicted molar refractivity (Wildman–Crippen MR) is 147 cm³/mol. The van der Waals surface area contributed by atoms with Gasteiger partial charge < -0.3 is 10.1 Å². The highest BCUT2D eigenvalue weighted by molar-refractivity contribution is 7.09. The van der Waals surface area contributed by atoms with Gasteiger partial charge in [0, 0.05) is 43.8 Å². The van der Waals surface area contributed by atoms with E-state index in [1.165, 1.54) is 23.1 Å². The number of carbonyl (C=O) groups excluding carboxylic acids is 1. The van der Waals surface area contributed by atoms with Crippen LogP contribution in [-0.4, -0.2) is 37.5 Å². The minimum Gasteiger partial charge on any atom is -0.406 e. The number of hydrogen-bond acceptors (Lipinski definition) is 8. The second kappa shape index (κ2) is 12.2. The summed E-state index contributed by atoms with van der Waals surface area (Å²) < 4.78 is 5.48. The largest absolute Gasteiger partial charge is 0.412 e. The lowest BCUT2D eigenvalue weighted by molar-refractivity contribution is 0.167. The van der Waals surface area contributed by atoms with Gasteiger partial charge in [-0.25, -0.2) is 19.7 Å². The van der Waals surface area contributed by atoms with Crippen LogP contribution in [0.3, 0.4) is 0 Å². The molecule has 0 spiro atoms. The molecule has 3 heterocycles. The first-order valence-electron chi connectivity index (χ1n) is 12.9. The molecule has 9 heteroatoms. The summed E-state index contributed by atoms with van der Waals surface area (Å²) in [6.45, 7) is 5.65. The van der Waals surface area contributed by atoms with E-state index >= 15 is 0 Å². The molecule has 1 N–H and O–H groups in total. The number of nitrogens with one attached hydrogen (secondary N) is 1. The van der Waals surface area contributed by atoms with Gasteiger partial charge in [0.15, 0.2) is 5.75 Å². The van der Waals surface area contributed by atoms with Gasteiger partial charge in [-0.2, -0.15) is 0 Å². The van der Waals surface area contributed by atoms with Gasteiger partial charge in [0.2, 0.25) is 0 Å². The second-order valence-electron chi connectivity index (χ2n) is 9.54. The van der Waals surface area contributed by atoms with Crippen LogP contribution in [0, 0.1) is 13.8 Å². The quantitative estimate of drug-likeness (QED) is 0.313. The minimum atomic E-state index is -0.522. The van der Waals surface area contributed by atoms with Crippen LogP contribution in [-0.2, 0) is 25.9 Å².